The van der Waals surface area contributed by atoms with E-state index in [2.05, 4.69) is 6.92 Å². The van der Waals surface area contributed by atoms with Crippen LogP contribution >= 0.6 is 11.6 Å². The molecule has 2 nitrogen and oxygen atoms in total. The predicted octanol–water partition coefficient (Wildman–Crippen LogP) is 3.10. The van der Waals surface area contributed by atoms with E-state index in [9.17, 15) is 4.79 Å². The summed E-state index contributed by atoms with van der Waals surface area (Å²) in [5.74, 6) is 0.676. The average Bonchev–Trinajstić information content (AvgIpc) is 2.35. The van der Waals surface area contributed by atoms with Crippen molar-refractivity contribution < 1.29 is 4.79 Å². The van der Waals surface area contributed by atoms with Gasteiger partial charge in [-0.25, -0.2) is 0 Å². The first-order valence-electron chi connectivity index (χ1n) is 6.15. The van der Waals surface area contributed by atoms with Crippen molar-refractivity contribution in [2.24, 2.45) is 0 Å². The maximum absolute atomic E-state index is 12.1. The van der Waals surface area contributed by atoms with E-state index in [1.807, 2.05) is 35.2 Å². The fourth-order valence-electron chi connectivity index (χ4n) is 1.69. The molecule has 94 valence electrons. The van der Waals surface area contributed by atoms with Crippen molar-refractivity contribution in [2.45, 2.75) is 26.2 Å². The molecule has 0 aliphatic rings. The number of amides is 1. The van der Waals surface area contributed by atoms with Gasteiger partial charge in [0.25, 0.3) is 0 Å². The molecule has 0 unspecified atom stereocenters. The first kappa shape index (κ1) is 14.0. The molecule has 0 saturated carbocycles. The average molecular weight is 254 g/mol. The molecule has 0 saturated heterocycles. The Bertz CT molecular complexity index is 326. The summed E-state index contributed by atoms with van der Waals surface area (Å²) in [6.45, 7) is 3.59. The highest BCUT2D eigenvalue weighted by Gasteiger charge is 2.12. The van der Waals surface area contributed by atoms with E-state index in [-0.39, 0.29) is 5.91 Å². The largest absolute Gasteiger partial charge is 0.341 e. The molecule has 0 bridgehead atoms. The fourth-order valence-corrected chi connectivity index (χ4v) is 1.90. The third-order valence-electron chi connectivity index (χ3n) is 2.69. The van der Waals surface area contributed by atoms with Crippen molar-refractivity contribution in [1.82, 2.24) is 4.90 Å². The van der Waals surface area contributed by atoms with Crippen LogP contribution in [0.15, 0.2) is 30.3 Å². The van der Waals surface area contributed by atoms with Crippen LogP contribution in [0.4, 0.5) is 0 Å². The van der Waals surface area contributed by atoms with E-state index < -0.39 is 0 Å². The van der Waals surface area contributed by atoms with Crippen molar-refractivity contribution in [2.75, 3.05) is 19.0 Å². The number of halogens is 1. The van der Waals surface area contributed by atoms with Crippen molar-refractivity contribution in [3.63, 3.8) is 0 Å². The molecular formula is C14H20ClNO. The van der Waals surface area contributed by atoms with Crippen LogP contribution in [-0.2, 0) is 11.2 Å². The molecule has 0 spiro atoms. The quantitative estimate of drug-likeness (QED) is 0.684. The zero-order chi connectivity index (χ0) is 12.5. The van der Waals surface area contributed by atoms with Crippen molar-refractivity contribution in [3.8, 4) is 0 Å². The lowest BCUT2D eigenvalue weighted by atomic mass is 10.1. The first-order chi connectivity index (χ1) is 8.27. The normalized spacial score (nSPS) is 10.2. The molecule has 1 amide bonds. The summed E-state index contributed by atoms with van der Waals surface area (Å²) in [5, 5.41) is 0. The second-order valence-electron chi connectivity index (χ2n) is 4.09. The van der Waals surface area contributed by atoms with Crippen LogP contribution in [-0.4, -0.2) is 29.8 Å². The second kappa shape index (κ2) is 8.13. The van der Waals surface area contributed by atoms with Crippen LogP contribution in [0.25, 0.3) is 0 Å². The van der Waals surface area contributed by atoms with Gasteiger partial charge in [-0.15, -0.1) is 11.6 Å². The second-order valence-corrected chi connectivity index (χ2v) is 4.46. The fraction of sp³-hybridized carbons (Fsp3) is 0.500. The monoisotopic (exact) mass is 253 g/mol. The first-order valence-corrected chi connectivity index (χ1v) is 6.69. The minimum absolute atomic E-state index is 0.172. The molecule has 3 heteroatoms. The number of hydrogen-bond donors (Lipinski definition) is 0. The van der Waals surface area contributed by atoms with E-state index in [4.69, 9.17) is 11.6 Å². The lowest BCUT2D eigenvalue weighted by molar-refractivity contribution is -0.130. The molecule has 1 rings (SSSR count). The topological polar surface area (TPSA) is 20.3 Å². The van der Waals surface area contributed by atoms with Crippen molar-refractivity contribution in [3.05, 3.63) is 35.9 Å². The van der Waals surface area contributed by atoms with Gasteiger partial charge in [0.2, 0.25) is 5.91 Å². The molecule has 1 aromatic rings. The molecular weight excluding hydrogens is 234 g/mol. The van der Waals surface area contributed by atoms with Gasteiger partial charge in [-0.3, -0.25) is 4.79 Å². The van der Waals surface area contributed by atoms with Gasteiger partial charge in [-0.2, -0.15) is 0 Å². The Kier molecular flexibility index (Phi) is 6.71. The Labute approximate surface area is 109 Å². The number of nitrogens with zero attached hydrogens (tertiary/aromatic N) is 1. The minimum Gasteiger partial charge on any atom is -0.341 e. The summed E-state index contributed by atoms with van der Waals surface area (Å²) in [7, 11) is 0. The molecule has 0 aliphatic carbocycles. The maximum atomic E-state index is 12.1. The molecule has 0 aliphatic heterocycles. The molecule has 0 N–H and O–H groups in total. The smallest absolute Gasteiger partial charge is 0.227 e. The summed E-state index contributed by atoms with van der Waals surface area (Å²) in [6.07, 6.45) is 2.61. The zero-order valence-corrected chi connectivity index (χ0v) is 11.1. The highest BCUT2D eigenvalue weighted by Crippen LogP contribution is 2.04. The van der Waals surface area contributed by atoms with Gasteiger partial charge >= 0.3 is 0 Å². The van der Waals surface area contributed by atoms with Gasteiger partial charge in [0.05, 0.1) is 6.42 Å². The summed E-state index contributed by atoms with van der Waals surface area (Å²) in [6, 6.07) is 9.84. The molecule has 0 atom stereocenters. The van der Waals surface area contributed by atoms with E-state index in [0.29, 0.717) is 18.8 Å². The molecule has 0 heterocycles. The van der Waals surface area contributed by atoms with Crippen LogP contribution in [0.2, 0.25) is 0 Å². The number of carbonyl (C=O) groups is 1. The van der Waals surface area contributed by atoms with Gasteiger partial charge in [0.1, 0.15) is 0 Å². The Hall–Kier alpha value is -1.02. The van der Waals surface area contributed by atoms with Crippen molar-refractivity contribution in [1.29, 1.82) is 0 Å². The van der Waals surface area contributed by atoms with Gasteiger partial charge in [0, 0.05) is 19.0 Å². The lowest BCUT2D eigenvalue weighted by Gasteiger charge is -2.21. The standard InChI is InChI=1S/C14H20ClNO/c1-2-3-10-16(11-9-15)14(17)12-13-7-5-4-6-8-13/h4-8H,2-3,9-12H2,1H3. The van der Waals surface area contributed by atoms with Gasteiger partial charge in [-0.1, -0.05) is 43.7 Å². The van der Waals surface area contributed by atoms with Gasteiger partial charge < -0.3 is 4.90 Å². The van der Waals surface area contributed by atoms with Crippen LogP contribution in [0.3, 0.4) is 0 Å². The molecule has 0 radical (unpaired) electrons. The van der Waals surface area contributed by atoms with Gasteiger partial charge in [-0.05, 0) is 12.0 Å². The highest BCUT2D eigenvalue weighted by atomic mass is 35.5. The van der Waals surface area contributed by atoms with Crippen LogP contribution in [0, 0.1) is 0 Å². The number of alkyl halides is 1. The van der Waals surface area contributed by atoms with E-state index in [0.717, 1.165) is 24.9 Å². The van der Waals surface area contributed by atoms with Crippen LogP contribution in [0.1, 0.15) is 25.3 Å². The van der Waals surface area contributed by atoms with Gasteiger partial charge in [0.15, 0.2) is 0 Å². The summed E-state index contributed by atoms with van der Waals surface area (Å²) in [5.41, 5.74) is 1.06. The minimum atomic E-state index is 0.172. The van der Waals surface area contributed by atoms with E-state index in [1.165, 1.54) is 0 Å². The number of rotatable bonds is 7. The third-order valence-corrected chi connectivity index (χ3v) is 2.86. The number of unbranched alkanes of at least 4 members (excludes halogenated alkanes) is 1. The highest BCUT2D eigenvalue weighted by molar-refractivity contribution is 6.18. The number of benzene rings is 1. The summed E-state index contributed by atoms with van der Waals surface area (Å²) < 4.78 is 0. The third kappa shape index (κ3) is 5.22. The van der Waals surface area contributed by atoms with E-state index >= 15 is 0 Å². The Morgan fingerprint density at radius 1 is 1.24 bits per heavy atom. The van der Waals surface area contributed by atoms with Crippen LogP contribution < -0.4 is 0 Å². The molecule has 0 aromatic heterocycles. The maximum Gasteiger partial charge on any atom is 0.227 e. The molecule has 1 aromatic carbocycles. The SMILES string of the molecule is CCCCN(CCCl)C(=O)Cc1ccccc1. The Balaban J connectivity index is 2.52. The van der Waals surface area contributed by atoms with Crippen LogP contribution in [0.5, 0.6) is 0 Å². The number of carbonyl (C=O) groups excluding carboxylic acids is 1. The summed E-state index contributed by atoms with van der Waals surface area (Å²) in [4.78, 5) is 13.9. The lowest BCUT2D eigenvalue weighted by Crippen LogP contribution is -2.34. The molecule has 17 heavy (non-hydrogen) atoms. The summed E-state index contributed by atoms with van der Waals surface area (Å²) >= 11 is 5.73. The zero-order valence-electron chi connectivity index (χ0n) is 10.4. The van der Waals surface area contributed by atoms with E-state index in [1.54, 1.807) is 0 Å². The Morgan fingerprint density at radius 2 is 1.94 bits per heavy atom. The number of hydrogen-bond acceptors (Lipinski definition) is 1. The van der Waals surface area contributed by atoms with Crippen molar-refractivity contribution >= 4 is 17.5 Å². The molecule has 0 fully saturated rings. The Morgan fingerprint density at radius 3 is 2.53 bits per heavy atom. The predicted molar refractivity (Wildman–Crippen MR) is 72.4 cm³/mol.